The molecule has 0 aromatic heterocycles. The van der Waals surface area contributed by atoms with Gasteiger partial charge in [-0.3, -0.25) is 0 Å². The smallest absolute Gasteiger partial charge is 0.343 e. The van der Waals surface area contributed by atoms with Crippen LogP contribution in [-0.4, -0.2) is 11.9 Å². The molecule has 1 heterocycles. The van der Waals surface area contributed by atoms with E-state index in [0.29, 0.717) is 11.1 Å². The molecule has 2 bridgehead atoms. The first kappa shape index (κ1) is 9.13. The van der Waals surface area contributed by atoms with E-state index in [1.165, 1.54) is 0 Å². The zero-order valence-electron chi connectivity index (χ0n) is 9.22. The van der Waals surface area contributed by atoms with Gasteiger partial charge in [-0.25, -0.2) is 9.59 Å². The van der Waals surface area contributed by atoms with E-state index in [4.69, 9.17) is 4.74 Å². The van der Waals surface area contributed by atoms with Crippen LogP contribution in [0, 0.1) is 16.7 Å². The molecule has 1 fully saturated rings. The summed E-state index contributed by atoms with van der Waals surface area (Å²) in [7, 11) is 0. The average molecular weight is 206 g/mol. The zero-order chi connectivity index (χ0) is 11.0. The van der Waals surface area contributed by atoms with Crippen LogP contribution in [0.15, 0.2) is 11.1 Å². The lowest BCUT2D eigenvalue weighted by molar-refractivity contribution is -0.152. The first-order chi connectivity index (χ1) is 6.89. The van der Waals surface area contributed by atoms with Gasteiger partial charge in [0.05, 0.1) is 11.1 Å². The highest BCUT2D eigenvalue weighted by atomic mass is 16.6. The van der Waals surface area contributed by atoms with E-state index >= 15 is 0 Å². The second-order valence-electron chi connectivity index (χ2n) is 5.61. The largest absolute Gasteiger partial charge is 0.386 e. The van der Waals surface area contributed by atoms with Gasteiger partial charge >= 0.3 is 11.9 Å². The van der Waals surface area contributed by atoms with Crippen molar-refractivity contribution in [3.63, 3.8) is 0 Å². The monoisotopic (exact) mass is 206 g/mol. The van der Waals surface area contributed by atoms with Crippen LogP contribution in [0.1, 0.15) is 33.6 Å². The number of ether oxygens (including phenoxy) is 1. The Morgan fingerprint density at radius 1 is 1.20 bits per heavy atom. The Morgan fingerprint density at radius 2 is 1.87 bits per heavy atom. The van der Waals surface area contributed by atoms with Crippen molar-refractivity contribution in [2.24, 2.45) is 16.7 Å². The number of esters is 2. The molecule has 0 radical (unpaired) electrons. The molecular formula is C12H14O3. The number of hydrogen-bond donors (Lipinski definition) is 0. The molecule has 2 atom stereocenters. The quantitative estimate of drug-likeness (QED) is 0.448. The molecule has 0 saturated heterocycles. The average Bonchev–Trinajstić information content (AvgIpc) is 2.59. The molecule has 1 aliphatic heterocycles. The van der Waals surface area contributed by atoms with Gasteiger partial charge in [0, 0.05) is 5.41 Å². The van der Waals surface area contributed by atoms with Gasteiger partial charge in [-0.05, 0) is 24.2 Å². The summed E-state index contributed by atoms with van der Waals surface area (Å²) in [4.78, 5) is 23.2. The number of cyclic esters (lactones) is 2. The highest BCUT2D eigenvalue weighted by Crippen LogP contribution is 2.69. The van der Waals surface area contributed by atoms with Crippen LogP contribution in [0.3, 0.4) is 0 Å². The van der Waals surface area contributed by atoms with Crippen LogP contribution in [0.4, 0.5) is 0 Å². The molecule has 3 heteroatoms. The van der Waals surface area contributed by atoms with Gasteiger partial charge < -0.3 is 4.74 Å². The van der Waals surface area contributed by atoms with Crippen LogP contribution in [0.25, 0.3) is 0 Å². The van der Waals surface area contributed by atoms with Crippen LogP contribution in [0.2, 0.25) is 0 Å². The van der Waals surface area contributed by atoms with E-state index in [9.17, 15) is 9.59 Å². The van der Waals surface area contributed by atoms with Crippen LogP contribution in [-0.2, 0) is 14.3 Å². The Balaban J connectivity index is 2.27. The van der Waals surface area contributed by atoms with Crippen LogP contribution < -0.4 is 0 Å². The van der Waals surface area contributed by atoms with Crippen molar-refractivity contribution in [1.82, 2.24) is 0 Å². The topological polar surface area (TPSA) is 43.4 Å². The third kappa shape index (κ3) is 0.724. The molecule has 80 valence electrons. The third-order valence-corrected chi connectivity index (χ3v) is 5.01. The van der Waals surface area contributed by atoms with Crippen molar-refractivity contribution in [1.29, 1.82) is 0 Å². The van der Waals surface area contributed by atoms with Crippen molar-refractivity contribution in [2.45, 2.75) is 33.6 Å². The Labute approximate surface area is 88.5 Å². The van der Waals surface area contributed by atoms with Crippen molar-refractivity contribution < 1.29 is 14.3 Å². The molecule has 15 heavy (non-hydrogen) atoms. The predicted octanol–water partition coefficient (Wildman–Crippen LogP) is 1.82. The summed E-state index contributed by atoms with van der Waals surface area (Å²) in [5.41, 5.74) is 1.22. The van der Waals surface area contributed by atoms with Crippen molar-refractivity contribution in [3.8, 4) is 0 Å². The normalized spacial score (nSPS) is 41.1. The Kier molecular flexibility index (Phi) is 1.33. The molecule has 3 aliphatic rings. The van der Waals surface area contributed by atoms with Crippen molar-refractivity contribution in [3.05, 3.63) is 11.1 Å². The molecule has 0 aromatic carbocycles. The second kappa shape index (κ2) is 2.18. The lowest BCUT2D eigenvalue weighted by atomic mass is 9.67. The van der Waals surface area contributed by atoms with E-state index < -0.39 is 11.9 Å². The first-order valence-electron chi connectivity index (χ1n) is 5.41. The lowest BCUT2D eigenvalue weighted by Crippen LogP contribution is -2.33. The molecule has 1 saturated carbocycles. The predicted molar refractivity (Wildman–Crippen MR) is 52.7 cm³/mol. The fourth-order valence-electron chi connectivity index (χ4n) is 3.69. The van der Waals surface area contributed by atoms with Gasteiger partial charge in [-0.1, -0.05) is 20.8 Å². The summed E-state index contributed by atoms with van der Waals surface area (Å²) < 4.78 is 4.72. The maximum atomic E-state index is 11.6. The number of carbonyl (C=O) groups excluding carboxylic acids is 2. The molecule has 3 rings (SSSR count). The number of hydrogen-bond acceptors (Lipinski definition) is 3. The minimum Gasteiger partial charge on any atom is -0.386 e. The fraction of sp³-hybridized carbons (Fsp3) is 0.667. The van der Waals surface area contributed by atoms with E-state index in [1.807, 2.05) is 0 Å². The lowest BCUT2D eigenvalue weighted by Gasteiger charge is -2.36. The molecule has 2 unspecified atom stereocenters. The minimum absolute atomic E-state index is 0.0206. The summed E-state index contributed by atoms with van der Waals surface area (Å²) in [5.74, 6) is -0.569. The van der Waals surface area contributed by atoms with Gasteiger partial charge in [0.2, 0.25) is 0 Å². The van der Waals surface area contributed by atoms with Crippen LogP contribution in [0.5, 0.6) is 0 Å². The Morgan fingerprint density at radius 3 is 2.47 bits per heavy atom. The summed E-state index contributed by atoms with van der Waals surface area (Å²) in [6.45, 7) is 6.41. The van der Waals surface area contributed by atoms with Gasteiger partial charge in [-0.2, -0.15) is 0 Å². The van der Waals surface area contributed by atoms with Crippen molar-refractivity contribution in [2.75, 3.05) is 0 Å². The summed E-state index contributed by atoms with van der Waals surface area (Å²) >= 11 is 0. The molecule has 0 spiro atoms. The molecule has 0 N–H and O–H groups in total. The van der Waals surface area contributed by atoms with E-state index in [-0.39, 0.29) is 16.7 Å². The molecule has 0 aromatic rings. The SMILES string of the molecule is CC12CCC(C3=C1C(=O)OC3=O)C2(C)C. The second-order valence-corrected chi connectivity index (χ2v) is 5.61. The van der Waals surface area contributed by atoms with Gasteiger partial charge in [-0.15, -0.1) is 0 Å². The highest BCUT2D eigenvalue weighted by Gasteiger charge is 2.66. The highest BCUT2D eigenvalue weighted by molar-refractivity contribution is 6.14. The van der Waals surface area contributed by atoms with Gasteiger partial charge in [0.15, 0.2) is 0 Å². The van der Waals surface area contributed by atoms with E-state index in [2.05, 4.69) is 20.8 Å². The zero-order valence-corrected chi connectivity index (χ0v) is 9.22. The number of carbonyl (C=O) groups is 2. The van der Waals surface area contributed by atoms with E-state index in [1.54, 1.807) is 0 Å². The standard InChI is InChI=1S/C12H14O3/c1-11(2)6-4-5-12(11,3)8-7(6)9(13)15-10(8)14/h6H,4-5H2,1-3H3. The summed E-state index contributed by atoms with van der Waals surface area (Å²) in [6, 6.07) is 0. The fourth-order valence-corrected chi connectivity index (χ4v) is 3.69. The number of fused-ring (bicyclic) bond motifs is 4. The molecule has 0 amide bonds. The Hall–Kier alpha value is -1.12. The third-order valence-electron chi connectivity index (χ3n) is 5.01. The molecule has 2 aliphatic carbocycles. The minimum atomic E-state index is -0.396. The van der Waals surface area contributed by atoms with E-state index in [0.717, 1.165) is 12.8 Å². The van der Waals surface area contributed by atoms with Crippen molar-refractivity contribution >= 4 is 11.9 Å². The maximum Gasteiger partial charge on any atom is 0.343 e. The summed E-state index contributed by atoms with van der Waals surface area (Å²) in [5, 5.41) is 0. The molecular weight excluding hydrogens is 192 g/mol. The number of rotatable bonds is 0. The van der Waals surface area contributed by atoms with Gasteiger partial charge in [0.1, 0.15) is 0 Å². The van der Waals surface area contributed by atoms with Gasteiger partial charge in [0.25, 0.3) is 0 Å². The maximum absolute atomic E-state index is 11.6. The first-order valence-corrected chi connectivity index (χ1v) is 5.41. The van der Waals surface area contributed by atoms with Crippen LogP contribution >= 0.6 is 0 Å². The Bertz CT molecular complexity index is 430. The summed E-state index contributed by atoms with van der Waals surface area (Å²) in [6.07, 6.45) is 2.00. The molecule has 3 nitrogen and oxygen atoms in total.